The predicted octanol–water partition coefficient (Wildman–Crippen LogP) is 1.26. The fraction of sp³-hybridized carbons (Fsp3) is 0.300. The van der Waals surface area contributed by atoms with Crippen molar-refractivity contribution in [2.75, 3.05) is 13.1 Å². The van der Waals surface area contributed by atoms with Gasteiger partial charge >= 0.3 is 0 Å². The number of halogens is 2. The molecular weight excluding hydrogens is 219 g/mol. The summed E-state index contributed by atoms with van der Waals surface area (Å²) in [4.78, 5) is 13.4. The Bertz CT molecular complexity index is 404. The number of carbonyl (C=O) groups excluding carboxylic acids is 1. The number of hydrogen-bond donors (Lipinski definition) is 1. The number of carbonyl (C=O) groups is 1. The zero-order valence-corrected chi connectivity index (χ0v) is 8.67. The van der Waals surface area contributed by atoms with E-state index in [0.29, 0.717) is 18.7 Å². The minimum absolute atomic E-state index is 0.0492. The average molecular weight is 229 g/mol. The van der Waals surface area contributed by atoms with Crippen molar-refractivity contribution in [2.24, 2.45) is 5.73 Å². The van der Waals surface area contributed by atoms with Crippen LogP contribution in [0.5, 0.6) is 0 Å². The fourth-order valence-electron chi connectivity index (χ4n) is 1.51. The number of benzene rings is 1. The van der Waals surface area contributed by atoms with Crippen molar-refractivity contribution >= 4 is 17.5 Å². The van der Waals surface area contributed by atoms with E-state index >= 15 is 0 Å². The van der Waals surface area contributed by atoms with Gasteiger partial charge in [0.05, 0.1) is 10.6 Å². The van der Waals surface area contributed by atoms with Crippen molar-refractivity contribution in [1.29, 1.82) is 0 Å². The number of rotatable bonds is 1. The van der Waals surface area contributed by atoms with Crippen molar-refractivity contribution in [3.05, 3.63) is 34.6 Å². The lowest BCUT2D eigenvalue weighted by atomic mass is 10.1. The molecule has 1 heterocycles. The molecule has 0 atom stereocenters. The third kappa shape index (κ3) is 1.96. The molecule has 0 bridgehead atoms. The molecule has 0 radical (unpaired) electrons. The SMILES string of the molecule is NC1CN(C(=O)c2ccc(F)cc2Cl)C1. The van der Waals surface area contributed by atoms with Crippen LogP contribution >= 0.6 is 11.6 Å². The highest BCUT2D eigenvalue weighted by Crippen LogP contribution is 2.21. The van der Waals surface area contributed by atoms with Gasteiger partial charge in [0.15, 0.2) is 0 Å². The number of likely N-dealkylation sites (tertiary alicyclic amines) is 1. The first-order chi connectivity index (χ1) is 7.08. The molecular formula is C10H10ClFN2O. The maximum absolute atomic E-state index is 12.7. The van der Waals surface area contributed by atoms with Crippen molar-refractivity contribution in [1.82, 2.24) is 4.90 Å². The molecule has 1 aliphatic heterocycles. The molecule has 0 unspecified atom stereocenters. The molecule has 1 aromatic carbocycles. The van der Waals surface area contributed by atoms with Gasteiger partial charge in [0.25, 0.3) is 5.91 Å². The highest BCUT2D eigenvalue weighted by atomic mass is 35.5. The molecule has 1 fully saturated rings. The van der Waals surface area contributed by atoms with Gasteiger partial charge in [0, 0.05) is 19.1 Å². The van der Waals surface area contributed by atoms with Crippen molar-refractivity contribution in [3.8, 4) is 0 Å². The predicted molar refractivity (Wildman–Crippen MR) is 55.3 cm³/mol. The Hall–Kier alpha value is -1.13. The van der Waals surface area contributed by atoms with E-state index in [2.05, 4.69) is 0 Å². The van der Waals surface area contributed by atoms with Gasteiger partial charge < -0.3 is 10.6 Å². The first kappa shape index (κ1) is 10.4. The Morgan fingerprint density at radius 3 is 2.73 bits per heavy atom. The van der Waals surface area contributed by atoms with E-state index in [4.69, 9.17) is 17.3 Å². The Balaban J connectivity index is 2.19. The van der Waals surface area contributed by atoms with Crippen LogP contribution in [-0.2, 0) is 0 Å². The lowest BCUT2D eigenvalue weighted by Crippen LogP contribution is -2.57. The zero-order chi connectivity index (χ0) is 11.0. The monoisotopic (exact) mass is 228 g/mol. The van der Waals surface area contributed by atoms with Crippen molar-refractivity contribution < 1.29 is 9.18 Å². The van der Waals surface area contributed by atoms with Crippen LogP contribution in [0.25, 0.3) is 0 Å². The Labute approximate surface area is 91.6 Å². The van der Waals surface area contributed by atoms with Gasteiger partial charge in [-0.1, -0.05) is 11.6 Å². The first-order valence-electron chi connectivity index (χ1n) is 4.58. The molecule has 2 N–H and O–H groups in total. The molecule has 0 aromatic heterocycles. The molecule has 0 spiro atoms. The van der Waals surface area contributed by atoms with Crippen LogP contribution in [0.3, 0.4) is 0 Å². The van der Waals surface area contributed by atoms with Crippen LogP contribution in [0.4, 0.5) is 4.39 Å². The van der Waals surface area contributed by atoms with Crippen LogP contribution < -0.4 is 5.73 Å². The molecule has 1 aliphatic rings. The average Bonchev–Trinajstić information content (AvgIpc) is 2.12. The number of nitrogens with two attached hydrogens (primary N) is 1. The number of hydrogen-bond acceptors (Lipinski definition) is 2. The third-order valence-electron chi connectivity index (χ3n) is 2.36. The van der Waals surface area contributed by atoms with Crippen LogP contribution in [0.1, 0.15) is 10.4 Å². The fourth-order valence-corrected chi connectivity index (χ4v) is 1.76. The van der Waals surface area contributed by atoms with Crippen molar-refractivity contribution in [3.63, 3.8) is 0 Å². The normalized spacial score (nSPS) is 16.3. The molecule has 0 aliphatic carbocycles. The van der Waals surface area contributed by atoms with E-state index in [-0.39, 0.29) is 17.0 Å². The summed E-state index contributed by atoms with van der Waals surface area (Å²) in [5.41, 5.74) is 5.88. The van der Waals surface area contributed by atoms with Gasteiger partial charge in [-0.05, 0) is 18.2 Å². The van der Waals surface area contributed by atoms with Gasteiger partial charge in [0.2, 0.25) is 0 Å². The summed E-state index contributed by atoms with van der Waals surface area (Å²) < 4.78 is 12.7. The van der Waals surface area contributed by atoms with Crippen LogP contribution in [0.2, 0.25) is 5.02 Å². The lowest BCUT2D eigenvalue weighted by Gasteiger charge is -2.37. The van der Waals surface area contributed by atoms with E-state index in [1.54, 1.807) is 4.90 Å². The van der Waals surface area contributed by atoms with Gasteiger partial charge in [-0.15, -0.1) is 0 Å². The number of nitrogens with zero attached hydrogens (tertiary/aromatic N) is 1. The first-order valence-corrected chi connectivity index (χ1v) is 4.95. The summed E-state index contributed by atoms with van der Waals surface area (Å²) in [6.07, 6.45) is 0. The van der Waals surface area contributed by atoms with E-state index < -0.39 is 5.82 Å². The van der Waals surface area contributed by atoms with Crippen LogP contribution in [0.15, 0.2) is 18.2 Å². The Morgan fingerprint density at radius 1 is 1.53 bits per heavy atom. The van der Waals surface area contributed by atoms with Crippen LogP contribution in [0, 0.1) is 5.82 Å². The molecule has 5 heteroatoms. The zero-order valence-electron chi connectivity index (χ0n) is 7.91. The number of amides is 1. The van der Waals surface area contributed by atoms with Gasteiger partial charge in [-0.25, -0.2) is 4.39 Å². The van der Waals surface area contributed by atoms with Crippen molar-refractivity contribution in [2.45, 2.75) is 6.04 Å². The molecule has 80 valence electrons. The molecule has 0 saturated carbocycles. The summed E-state index contributed by atoms with van der Waals surface area (Å²) in [6, 6.07) is 3.80. The Kier molecular flexibility index (Phi) is 2.63. The summed E-state index contributed by atoms with van der Waals surface area (Å²) >= 11 is 5.77. The second kappa shape index (κ2) is 3.79. The van der Waals surface area contributed by atoms with E-state index in [9.17, 15) is 9.18 Å². The largest absolute Gasteiger partial charge is 0.335 e. The highest BCUT2D eigenvalue weighted by molar-refractivity contribution is 6.33. The topological polar surface area (TPSA) is 46.3 Å². The third-order valence-corrected chi connectivity index (χ3v) is 2.67. The summed E-state index contributed by atoms with van der Waals surface area (Å²) in [7, 11) is 0. The highest BCUT2D eigenvalue weighted by Gasteiger charge is 2.29. The molecule has 1 amide bonds. The maximum Gasteiger partial charge on any atom is 0.255 e. The van der Waals surface area contributed by atoms with E-state index in [1.165, 1.54) is 12.1 Å². The Morgan fingerprint density at radius 2 is 2.20 bits per heavy atom. The summed E-state index contributed by atoms with van der Waals surface area (Å²) in [5.74, 6) is -0.640. The second-order valence-electron chi connectivity index (χ2n) is 3.59. The van der Waals surface area contributed by atoms with Crippen LogP contribution in [-0.4, -0.2) is 29.9 Å². The quantitative estimate of drug-likeness (QED) is 0.787. The molecule has 1 aromatic rings. The van der Waals surface area contributed by atoms with Gasteiger partial charge in [-0.3, -0.25) is 4.79 Å². The minimum atomic E-state index is -0.447. The van der Waals surface area contributed by atoms with E-state index in [0.717, 1.165) is 6.07 Å². The summed E-state index contributed by atoms with van der Waals surface area (Å²) in [5, 5.41) is 0.139. The molecule has 15 heavy (non-hydrogen) atoms. The van der Waals surface area contributed by atoms with Gasteiger partial charge in [-0.2, -0.15) is 0 Å². The smallest absolute Gasteiger partial charge is 0.255 e. The standard InChI is InChI=1S/C10H10ClFN2O/c11-9-3-6(12)1-2-8(9)10(15)14-4-7(13)5-14/h1-3,7H,4-5,13H2. The molecule has 2 rings (SSSR count). The van der Waals surface area contributed by atoms with E-state index in [1.807, 2.05) is 0 Å². The lowest BCUT2D eigenvalue weighted by molar-refractivity contribution is 0.0608. The maximum atomic E-state index is 12.7. The summed E-state index contributed by atoms with van der Waals surface area (Å²) in [6.45, 7) is 1.07. The van der Waals surface area contributed by atoms with Gasteiger partial charge in [0.1, 0.15) is 5.82 Å². The second-order valence-corrected chi connectivity index (χ2v) is 4.00. The minimum Gasteiger partial charge on any atom is -0.335 e. The molecule has 3 nitrogen and oxygen atoms in total. The molecule has 1 saturated heterocycles.